The monoisotopic (exact) mass is 316 g/mol. The topological polar surface area (TPSA) is 104 Å². The summed E-state index contributed by atoms with van der Waals surface area (Å²) in [6, 6.07) is 9.96. The second-order valence-electron chi connectivity index (χ2n) is 5.31. The fourth-order valence-electron chi connectivity index (χ4n) is 2.37. The molecular formula is C15H16N4O2S. The van der Waals surface area contributed by atoms with E-state index in [1.807, 2.05) is 30.3 Å². The minimum absolute atomic E-state index is 0.177. The maximum absolute atomic E-state index is 11.6. The molecule has 1 atom stereocenters. The fraction of sp³-hybridized carbons (Fsp3) is 0.267. The molecule has 1 aliphatic rings. The van der Waals surface area contributed by atoms with E-state index < -0.39 is 17.1 Å². The summed E-state index contributed by atoms with van der Waals surface area (Å²) in [7, 11) is 0. The van der Waals surface area contributed by atoms with Crippen molar-refractivity contribution in [3.05, 3.63) is 47.7 Å². The van der Waals surface area contributed by atoms with Crippen molar-refractivity contribution in [2.75, 3.05) is 11.6 Å². The van der Waals surface area contributed by atoms with Crippen LogP contribution in [0.5, 0.6) is 0 Å². The highest BCUT2D eigenvalue weighted by molar-refractivity contribution is 7.90. The van der Waals surface area contributed by atoms with Gasteiger partial charge in [0, 0.05) is 11.2 Å². The average Bonchev–Trinajstić information content (AvgIpc) is 3.28. The molecule has 1 amide bonds. The number of hydrogen-bond donors (Lipinski definition) is 2. The maximum atomic E-state index is 11.6. The van der Waals surface area contributed by atoms with Crippen LogP contribution in [0.15, 0.2) is 41.7 Å². The van der Waals surface area contributed by atoms with Crippen LogP contribution < -0.4 is 11.1 Å². The molecule has 1 aliphatic carbocycles. The van der Waals surface area contributed by atoms with Crippen LogP contribution in [0, 0.1) is 0 Å². The first kappa shape index (κ1) is 14.8. The molecule has 1 unspecified atom stereocenters. The largest absolute Gasteiger partial charge is 0.609 e. The Morgan fingerprint density at radius 2 is 2.05 bits per heavy atom. The lowest BCUT2D eigenvalue weighted by Crippen LogP contribution is -2.24. The Bertz CT molecular complexity index is 702. The Morgan fingerprint density at radius 1 is 1.36 bits per heavy atom. The number of primary amides is 1. The number of aromatic nitrogens is 2. The predicted octanol–water partition coefficient (Wildman–Crippen LogP) is 1.41. The van der Waals surface area contributed by atoms with Crippen molar-refractivity contribution in [1.29, 1.82) is 0 Å². The van der Waals surface area contributed by atoms with Gasteiger partial charge in [-0.2, -0.15) is 9.97 Å². The minimum atomic E-state index is -1.33. The third kappa shape index (κ3) is 2.77. The zero-order chi connectivity index (χ0) is 15.7. The fourth-order valence-corrected chi connectivity index (χ4v) is 2.80. The number of amides is 1. The number of nitrogens with two attached hydrogens (primary N) is 1. The van der Waals surface area contributed by atoms with E-state index in [1.165, 1.54) is 12.5 Å². The normalized spacial score (nSPS) is 16.8. The summed E-state index contributed by atoms with van der Waals surface area (Å²) in [4.78, 5) is 19.7. The number of hydrogen-bond acceptors (Lipinski definition) is 5. The maximum Gasteiger partial charge on any atom is 0.344 e. The lowest BCUT2D eigenvalue weighted by atomic mass is 10.0. The number of rotatable bonds is 5. The van der Waals surface area contributed by atoms with Gasteiger partial charge in [0.05, 0.1) is 11.7 Å². The molecule has 0 radical (unpaired) electrons. The number of benzene rings is 1. The van der Waals surface area contributed by atoms with Crippen LogP contribution in [0.2, 0.25) is 0 Å². The van der Waals surface area contributed by atoms with Gasteiger partial charge in [0.1, 0.15) is 17.6 Å². The highest BCUT2D eigenvalue weighted by atomic mass is 32.2. The van der Waals surface area contributed by atoms with Crippen LogP contribution in [0.1, 0.15) is 28.8 Å². The van der Waals surface area contributed by atoms with Crippen LogP contribution in [0.3, 0.4) is 0 Å². The van der Waals surface area contributed by atoms with Crippen molar-refractivity contribution < 1.29 is 9.35 Å². The summed E-state index contributed by atoms with van der Waals surface area (Å²) >= 11 is -1.33. The highest BCUT2D eigenvalue weighted by Gasteiger charge is 2.45. The molecule has 6 nitrogen and oxygen atoms in total. The lowest BCUT2D eigenvalue weighted by molar-refractivity contribution is 0.1000. The van der Waals surface area contributed by atoms with Crippen molar-refractivity contribution in [2.45, 2.75) is 23.5 Å². The first-order chi connectivity index (χ1) is 10.5. The van der Waals surface area contributed by atoms with Crippen molar-refractivity contribution in [3.63, 3.8) is 0 Å². The van der Waals surface area contributed by atoms with E-state index in [-0.39, 0.29) is 16.3 Å². The minimum Gasteiger partial charge on any atom is -0.609 e. The van der Waals surface area contributed by atoms with Gasteiger partial charge in [-0.05, 0) is 18.4 Å². The molecule has 1 aromatic heterocycles. The van der Waals surface area contributed by atoms with Gasteiger partial charge < -0.3 is 15.6 Å². The molecule has 7 heteroatoms. The average molecular weight is 316 g/mol. The third-order valence-electron chi connectivity index (χ3n) is 3.72. The Labute approximate surface area is 131 Å². The van der Waals surface area contributed by atoms with Crippen LogP contribution in [-0.4, -0.2) is 26.7 Å². The first-order valence-corrected chi connectivity index (χ1v) is 8.42. The molecule has 0 saturated heterocycles. The van der Waals surface area contributed by atoms with Crippen molar-refractivity contribution in [1.82, 2.24) is 9.97 Å². The molecular weight excluding hydrogens is 300 g/mol. The van der Waals surface area contributed by atoms with Gasteiger partial charge in [-0.3, -0.25) is 4.79 Å². The second-order valence-corrected chi connectivity index (χ2v) is 6.58. The standard InChI is InChI=1S/C15H16N4O2S/c1-22(21)14-17-9-11(12(16)20)13(18-14)19-15(7-8-15)10-5-3-2-4-6-10/h2-6,9H,7-8H2,1H3,(H2,16,20)(H,17,18,19). The Kier molecular flexibility index (Phi) is 3.76. The number of nitrogens with zero attached hydrogens (tertiary/aromatic N) is 2. The van der Waals surface area contributed by atoms with E-state index >= 15 is 0 Å². The SMILES string of the molecule is C[S+]([O-])c1ncc(C(N)=O)c(NC2(c3ccccc3)CC2)n1. The third-order valence-corrected chi connectivity index (χ3v) is 4.43. The predicted molar refractivity (Wildman–Crippen MR) is 83.9 cm³/mol. The Hall–Kier alpha value is -2.12. The van der Waals surface area contributed by atoms with Crippen LogP contribution in [0.25, 0.3) is 0 Å². The van der Waals surface area contributed by atoms with Gasteiger partial charge >= 0.3 is 5.16 Å². The highest BCUT2D eigenvalue weighted by Crippen LogP contribution is 2.48. The van der Waals surface area contributed by atoms with Crippen LogP contribution in [-0.2, 0) is 16.7 Å². The molecule has 2 aromatic rings. The lowest BCUT2D eigenvalue weighted by Gasteiger charge is -2.20. The van der Waals surface area contributed by atoms with Crippen molar-refractivity contribution in [3.8, 4) is 0 Å². The van der Waals surface area contributed by atoms with Gasteiger partial charge in [-0.25, -0.2) is 0 Å². The molecule has 0 spiro atoms. The van der Waals surface area contributed by atoms with Gasteiger partial charge in [0.15, 0.2) is 0 Å². The summed E-state index contributed by atoms with van der Waals surface area (Å²) in [5.41, 5.74) is 6.47. The molecule has 0 bridgehead atoms. The van der Waals surface area contributed by atoms with Crippen LogP contribution >= 0.6 is 0 Å². The summed E-state index contributed by atoms with van der Waals surface area (Å²) in [5.74, 6) is -0.270. The molecule has 22 heavy (non-hydrogen) atoms. The van der Waals surface area contributed by atoms with E-state index in [2.05, 4.69) is 15.3 Å². The molecule has 1 aromatic carbocycles. The Balaban J connectivity index is 1.97. The Morgan fingerprint density at radius 3 is 2.59 bits per heavy atom. The molecule has 1 saturated carbocycles. The zero-order valence-corrected chi connectivity index (χ0v) is 12.9. The number of nitrogens with one attached hydrogen (secondary N) is 1. The van der Waals surface area contributed by atoms with Gasteiger partial charge in [0.2, 0.25) is 0 Å². The molecule has 3 rings (SSSR count). The number of carbonyl (C=O) groups excluding carboxylic acids is 1. The first-order valence-electron chi connectivity index (χ1n) is 6.86. The van der Waals surface area contributed by atoms with E-state index in [9.17, 15) is 9.35 Å². The molecule has 3 N–H and O–H groups in total. The molecule has 0 aliphatic heterocycles. The van der Waals surface area contributed by atoms with Crippen molar-refractivity contribution in [2.24, 2.45) is 5.73 Å². The van der Waals surface area contributed by atoms with Gasteiger partial charge in [-0.1, -0.05) is 30.3 Å². The second kappa shape index (κ2) is 5.58. The molecule has 1 fully saturated rings. The van der Waals surface area contributed by atoms with Gasteiger partial charge in [-0.15, -0.1) is 0 Å². The number of anilines is 1. The summed E-state index contributed by atoms with van der Waals surface area (Å²) in [6.07, 6.45) is 4.69. The zero-order valence-electron chi connectivity index (χ0n) is 12.1. The van der Waals surface area contributed by atoms with Crippen molar-refractivity contribution >= 4 is 22.9 Å². The van der Waals surface area contributed by atoms with E-state index in [0.717, 1.165) is 18.4 Å². The van der Waals surface area contributed by atoms with Gasteiger partial charge in [0.25, 0.3) is 5.91 Å². The van der Waals surface area contributed by atoms with E-state index in [0.29, 0.717) is 5.82 Å². The smallest absolute Gasteiger partial charge is 0.344 e. The molecule has 1 heterocycles. The summed E-state index contributed by atoms with van der Waals surface area (Å²) in [6.45, 7) is 0. The summed E-state index contributed by atoms with van der Waals surface area (Å²) in [5, 5.41) is 3.48. The van der Waals surface area contributed by atoms with E-state index in [4.69, 9.17) is 5.73 Å². The van der Waals surface area contributed by atoms with Crippen LogP contribution in [0.4, 0.5) is 5.82 Å². The molecule has 114 valence electrons. The summed E-state index contributed by atoms with van der Waals surface area (Å²) < 4.78 is 11.6. The number of carbonyl (C=O) groups is 1. The van der Waals surface area contributed by atoms with E-state index in [1.54, 1.807) is 0 Å². The quantitative estimate of drug-likeness (QED) is 0.641.